The Morgan fingerprint density at radius 3 is 1.87 bits per heavy atom. The summed E-state index contributed by atoms with van der Waals surface area (Å²) in [4.78, 5) is 25.6. The van der Waals surface area contributed by atoms with Crippen LogP contribution in [-0.4, -0.2) is 120 Å². The summed E-state index contributed by atoms with van der Waals surface area (Å²) in [6, 6.07) is 21.5. The first-order chi connectivity index (χ1) is 34.4. The van der Waals surface area contributed by atoms with E-state index in [2.05, 4.69) is 90.8 Å². The van der Waals surface area contributed by atoms with Crippen molar-refractivity contribution in [2.24, 2.45) is 0 Å². The summed E-state index contributed by atoms with van der Waals surface area (Å²) in [6.45, 7) is 5.23. The van der Waals surface area contributed by atoms with E-state index in [-0.39, 0.29) is 30.4 Å². The van der Waals surface area contributed by atoms with Gasteiger partial charge in [-0.15, -0.1) is 22.7 Å². The van der Waals surface area contributed by atoms with Crippen LogP contribution in [0.5, 0.6) is 0 Å². The average molecular weight is 981 g/mol. The molecule has 6 N–H and O–H groups in total. The molecule has 2 aliphatic heterocycles. The van der Waals surface area contributed by atoms with E-state index in [1.807, 2.05) is 33.2 Å². The molecule has 12 rings (SSSR count). The van der Waals surface area contributed by atoms with E-state index in [0.717, 1.165) is 155 Å². The fourth-order valence-corrected chi connectivity index (χ4v) is 11.8. The maximum Gasteiger partial charge on any atom is 0.229 e. The number of anilines is 8. The fourth-order valence-electron chi connectivity index (χ4n) is 9.95. The zero-order valence-electron chi connectivity index (χ0n) is 38.7. The quantitative estimate of drug-likeness (QED) is 0.0643. The molecule has 2 aromatic carbocycles. The summed E-state index contributed by atoms with van der Waals surface area (Å²) in [5.74, 6) is 2.59. The molecule has 1 unspecified atom stereocenters. The number of rotatable bonds is 13. The van der Waals surface area contributed by atoms with E-state index >= 15 is 0 Å². The van der Waals surface area contributed by atoms with E-state index in [9.17, 15) is 10.2 Å². The van der Waals surface area contributed by atoms with Crippen molar-refractivity contribution in [3.05, 3.63) is 95.7 Å². The second kappa shape index (κ2) is 19.8. The van der Waals surface area contributed by atoms with Crippen molar-refractivity contribution >= 4 is 89.4 Å². The summed E-state index contributed by atoms with van der Waals surface area (Å²) in [7, 11) is 0. The molecule has 1 atom stereocenters. The molecule has 2 saturated heterocycles. The van der Waals surface area contributed by atoms with Crippen molar-refractivity contribution in [1.29, 1.82) is 0 Å². The number of hydrogen-bond acceptors (Lipinski definition) is 18. The average Bonchev–Trinajstić information content (AvgIpc) is 4.25. The van der Waals surface area contributed by atoms with Crippen molar-refractivity contribution in [3.63, 3.8) is 0 Å². The monoisotopic (exact) mass is 980 g/mol. The predicted molar refractivity (Wildman–Crippen MR) is 276 cm³/mol. The lowest BCUT2D eigenvalue weighted by Gasteiger charge is -2.34. The number of fused-ring (bicyclic) bond motifs is 2. The first-order valence-corrected chi connectivity index (χ1v) is 26.1. The predicted octanol–water partition coefficient (Wildman–Crippen LogP) is 8.40. The second-order valence-electron chi connectivity index (χ2n) is 18.6. The molecule has 20 heteroatoms. The van der Waals surface area contributed by atoms with Crippen molar-refractivity contribution in [3.8, 4) is 11.4 Å². The number of aliphatic hydroxyl groups is 2. The lowest BCUT2D eigenvalue weighted by Crippen LogP contribution is -2.38. The minimum absolute atomic E-state index is 0.158. The molecule has 2 aliphatic carbocycles. The standard InChI is InChI=1S/C50H56N14O4S2/c65-39-12-4-31(5-13-39)53-47-45-41(16-23-69-45)57-49(59-47)55-33-26-51-63(28-33)36-10-8-35(9-11-36)62-19-22-68-43(30-62)44-25-42-46(70-44)48(54-32-6-14-40(66)15-7-32)60-50(58-42)56-34-27-52-64(29-34)38-3-1-2-37(24-38)61-17-20-67-21-18-61/h1-3,8-11,16,23-29,31-32,39-40,43,65-66H,4-7,12-15,17-22,30H2,(H2,53,55,57,59)(H2,54,56,58,60). The molecule has 6 aromatic heterocycles. The first-order valence-electron chi connectivity index (χ1n) is 24.4. The Morgan fingerprint density at radius 2 is 1.19 bits per heavy atom. The van der Waals surface area contributed by atoms with Crippen LogP contribution < -0.4 is 31.1 Å². The number of aliphatic hydroxyl groups excluding tert-OH is 2. The van der Waals surface area contributed by atoms with E-state index in [0.29, 0.717) is 25.0 Å². The smallest absolute Gasteiger partial charge is 0.229 e. The van der Waals surface area contributed by atoms with Gasteiger partial charge in [-0.05, 0) is 111 Å². The molecule has 8 heterocycles. The molecular formula is C50H56N14O4S2. The zero-order valence-corrected chi connectivity index (χ0v) is 40.3. The molecule has 4 aliphatic rings. The highest BCUT2D eigenvalue weighted by atomic mass is 32.1. The summed E-state index contributed by atoms with van der Waals surface area (Å²) in [5.41, 5.74) is 7.45. The van der Waals surface area contributed by atoms with Crippen LogP contribution in [0.25, 0.3) is 31.8 Å². The third-order valence-corrected chi connectivity index (χ3v) is 15.9. The Bertz CT molecular complexity index is 3060. The number of nitrogens with one attached hydrogen (secondary N) is 4. The van der Waals surface area contributed by atoms with Crippen molar-refractivity contribution in [2.75, 3.05) is 77.1 Å². The largest absolute Gasteiger partial charge is 0.393 e. The number of aromatic nitrogens is 8. The summed E-state index contributed by atoms with van der Waals surface area (Å²) < 4.78 is 17.8. The highest BCUT2D eigenvalue weighted by Crippen LogP contribution is 2.39. The molecule has 2 saturated carbocycles. The van der Waals surface area contributed by atoms with Crippen LogP contribution in [0.1, 0.15) is 62.3 Å². The minimum Gasteiger partial charge on any atom is -0.393 e. The van der Waals surface area contributed by atoms with Crippen LogP contribution in [0.3, 0.4) is 0 Å². The van der Waals surface area contributed by atoms with Crippen molar-refractivity contribution in [2.45, 2.75) is 81.8 Å². The van der Waals surface area contributed by atoms with Gasteiger partial charge in [-0.1, -0.05) is 6.07 Å². The zero-order chi connectivity index (χ0) is 47.0. The number of hydrogen-bond donors (Lipinski definition) is 6. The van der Waals surface area contributed by atoms with Crippen LogP contribution in [0.4, 0.5) is 46.3 Å². The minimum atomic E-state index is -0.251. The van der Waals surface area contributed by atoms with Gasteiger partial charge in [0.15, 0.2) is 0 Å². The van der Waals surface area contributed by atoms with Gasteiger partial charge >= 0.3 is 0 Å². The Hall–Kier alpha value is -6.42. The third kappa shape index (κ3) is 9.84. The molecule has 70 heavy (non-hydrogen) atoms. The maximum absolute atomic E-state index is 10.3. The molecule has 8 aromatic rings. The lowest BCUT2D eigenvalue weighted by atomic mass is 9.93. The number of nitrogens with zero attached hydrogens (tertiary/aromatic N) is 10. The number of ether oxygens (including phenoxy) is 2. The van der Waals surface area contributed by atoms with Gasteiger partial charge in [0.25, 0.3) is 0 Å². The molecule has 0 spiro atoms. The number of thiophene rings is 2. The van der Waals surface area contributed by atoms with E-state index < -0.39 is 0 Å². The Labute approximate surface area is 412 Å². The van der Waals surface area contributed by atoms with Crippen LogP contribution in [0, 0.1) is 0 Å². The number of benzene rings is 2. The molecule has 0 radical (unpaired) electrons. The fraction of sp³-hybridized carbons (Fsp3) is 0.400. The SMILES string of the molecule is OC1CCC(Nc2nc(Nc3cnn(-c4ccc(N5CCOC(c6cc7nc(Nc8cnn(-c9cccc(N%10CCOCC%10)c9)c8)nc(NC8CCC(O)CC8)c7s6)C5)cc4)c3)nc3ccsc23)CC1. The van der Waals surface area contributed by atoms with Crippen LogP contribution in [-0.2, 0) is 9.47 Å². The van der Waals surface area contributed by atoms with Gasteiger partial charge in [0.1, 0.15) is 17.7 Å². The summed E-state index contributed by atoms with van der Waals surface area (Å²) in [5, 5.41) is 45.9. The van der Waals surface area contributed by atoms with Crippen LogP contribution in [0.15, 0.2) is 90.8 Å². The third-order valence-electron chi connectivity index (χ3n) is 13.8. The first kappa shape index (κ1) is 44.8. The van der Waals surface area contributed by atoms with Gasteiger partial charge in [-0.3, -0.25) is 0 Å². The van der Waals surface area contributed by atoms with Gasteiger partial charge in [-0.2, -0.15) is 20.2 Å². The topological polar surface area (TPSA) is 201 Å². The Morgan fingerprint density at radius 1 is 0.586 bits per heavy atom. The van der Waals surface area contributed by atoms with Gasteiger partial charge in [-0.25, -0.2) is 19.3 Å². The molecule has 0 bridgehead atoms. The Kier molecular flexibility index (Phi) is 12.6. The van der Waals surface area contributed by atoms with E-state index in [4.69, 9.17) is 34.5 Å². The van der Waals surface area contributed by atoms with Crippen molar-refractivity contribution in [1.82, 2.24) is 39.5 Å². The van der Waals surface area contributed by atoms with Crippen molar-refractivity contribution < 1.29 is 19.7 Å². The molecule has 0 amide bonds. The molecule has 18 nitrogen and oxygen atoms in total. The highest BCUT2D eigenvalue weighted by Gasteiger charge is 2.28. The van der Waals surface area contributed by atoms with Gasteiger partial charge in [0.2, 0.25) is 11.9 Å². The molecular weight excluding hydrogens is 925 g/mol. The van der Waals surface area contributed by atoms with Crippen LogP contribution >= 0.6 is 22.7 Å². The van der Waals surface area contributed by atoms with Gasteiger partial charge < -0.3 is 50.8 Å². The second-order valence-corrected chi connectivity index (χ2v) is 20.6. The Balaban J connectivity index is 0.735. The molecule has 362 valence electrons. The van der Waals surface area contributed by atoms with Gasteiger partial charge in [0, 0.05) is 54.5 Å². The summed E-state index contributed by atoms with van der Waals surface area (Å²) in [6.07, 6.45) is 13.6. The molecule has 4 fully saturated rings. The summed E-state index contributed by atoms with van der Waals surface area (Å²) >= 11 is 3.30. The van der Waals surface area contributed by atoms with E-state index in [1.54, 1.807) is 35.1 Å². The number of morpholine rings is 2. The highest BCUT2D eigenvalue weighted by molar-refractivity contribution is 7.19. The lowest BCUT2D eigenvalue weighted by molar-refractivity contribution is 0.0422. The van der Waals surface area contributed by atoms with Gasteiger partial charge in [0.05, 0.1) is 100.0 Å². The normalized spacial score (nSPS) is 22.1. The maximum atomic E-state index is 10.3. The van der Waals surface area contributed by atoms with E-state index in [1.165, 1.54) is 0 Å². The van der Waals surface area contributed by atoms with Crippen LogP contribution in [0.2, 0.25) is 0 Å².